The minimum atomic E-state index is -4.69. The molecule has 0 spiro atoms. The zero-order valence-corrected chi connectivity index (χ0v) is 21.0. The van der Waals surface area contributed by atoms with Gasteiger partial charge < -0.3 is 26.2 Å². The number of nitrogen functional groups attached to an aromatic ring is 1. The van der Waals surface area contributed by atoms with Gasteiger partial charge in [0, 0.05) is 36.4 Å². The van der Waals surface area contributed by atoms with Gasteiger partial charge in [-0.25, -0.2) is 18.7 Å². The first-order valence-corrected chi connectivity index (χ1v) is 12.2. The average molecular weight is 560 g/mol. The standard InChI is InChI=1S/C26H25F4N7O3/c27-19-6-3-16(26(28,29)30)11-20(19)35-25(39)34-17-4-1-15(2-5-17)22-18(13-38)21(12-36-7-9-40-10-8-36)37-23(22)24(31)32-14-33-37/h1-6,11,14,38H,7-10,12-13H2,(H2,31,32,33)(H2,34,35,39). The van der Waals surface area contributed by atoms with Gasteiger partial charge in [0.05, 0.1) is 36.8 Å². The van der Waals surface area contributed by atoms with Crippen LogP contribution in [0.15, 0.2) is 48.8 Å². The number of nitrogens with two attached hydrogens (primary N) is 1. The summed E-state index contributed by atoms with van der Waals surface area (Å²) in [5.41, 5.74) is 8.01. The third-order valence-corrected chi connectivity index (χ3v) is 6.57. The molecule has 14 heteroatoms. The van der Waals surface area contributed by atoms with E-state index < -0.39 is 29.3 Å². The fourth-order valence-corrected chi connectivity index (χ4v) is 4.64. The highest BCUT2D eigenvalue weighted by atomic mass is 19.4. The molecule has 1 aliphatic heterocycles. The third kappa shape index (κ3) is 5.54. The van der Waals surface area contributed by atoms with E-state index in [1.807, 2.05) is 0 Å². The lowest BCUT2D eigenvalue weighted by Gasteiger charge is -2.26. The second kappa shape index (κ2) is 11.1. The fraction of sp³-hybridized carbons (Fsp3) is 0.269. The van der Waals surface area contributed by atoms with Crippen molar-refractivity contribution < 1.29 is 32.2 Å². The van der Waals surface area contributed by atoms with Crippen LogP contribution in [-0.4, -0.2) is 56.9 Å². The number of carbonyl (C=O) groups is 1. The molecular formula is C26H25F4N7O3. The average Bonchev–Trinajstić information content (AvgIpc) is 3.24. The van der Waals surface area contributed by atoms with Gasteiger partial charge in [0.15, 0.2) is 5.82 Å². The molecule has 3 heterocycles. The molecular weight excluding hydrogens is 534 g/mol. The van der Waals surface area contributed by atoms with Crippen molar-refractivity contribution in [1.29, 1.82) is 0 Å². The highest BCUT2D eigenvalue weighted by molar-refractivity contribution is 6.00. The molecule has 0 atom stereocenters. The molecule has 2 aromatic carbocycles. The maximum absolute atomic E-state index is 14.0. The number of amides is 2. The number of nitrogens with one attached hydrogen (secondary N) is 2. The molecule has 0 unspecified atom stereocenters. The molecule has 10 nitrogen and oxygen atoms in total. The fourth-order valence-electron chi connectivity index (χ4n) is 4.64. The van der Waals surface area contributed by atoms with Crippen LogP contribution < -0.4 is 16.4 Å². The summed E-state index contributed by atoms with van der Waals surface area (Å²) in [7, 11) is 0. The lowest BCUT2D eigenvalue weighted by Crippen LogP contribution is -2.36. The van der Waals surface area contributed by atoms with Gasteiger partial charge in [-0.15, -0.1) is 0 Å². The molecule has 0 aliphatic carbocycles. The number of fused-ring (bicyclic) bond motifs is 1. The maximum atomic E-state index is 14.0. The minimum absolute atomic E-state index is 0.220. The van der Waals surface area contributed by atoms with Crippen molar-refractivity contribution in [2.75, 3.05) is 42.7 Å². The van der Waals surface area contributed by atoms with Crippen LogP contribution in [0.4, 0.5) is 39.5 Å². The number of hydrogen-bond donors (Lipinski definition) is 4. The van der Waals surface area contributed by atoms with E-state index in [1.165, 1.54) is 6.33 Å². The van der Waals surface area contributed by atoms with Crippen molar-refractivity contribution in [3.8, 4) is 11.1 Å². The maximum Gasteiger partial charge on any atom is 0.416 e. The Hall–Kier alpha value is -4.27. The molecule has 0 radical (unpaired) electrons. The van der Waals surface area contributed by atoms with Crippen LogP contribution >= 0.6 is 0 Å². The lowest BCUT2D eigenvalue weighted by molar-refractivity contribution is -0.137. The van der Waals surface area contributed by atoms with Crippen LogP contribution in [0, 0.1) is 5.82 Å². The van der Waals surface area contributed by atoms with Crippen molar-refractivity contribution >= 4 is 28.7 Å². The molecule has 5 N–H and O–H groups in total. The van der Waals surface area contributed by atoms with Gasteiger partial charge in [-0.2, -0.15) is 18.3 Å². The zero-order chi connectivity index (χ0) is 28.4. The Morgan fingerprint density at radius 2 is 1.82 bits per heavy atom. The number of nitrogens with zero attached hydrogens (tertiary/aromatic N) is 4. The molecule has 0 bridgehead atoms. The second-order valence-corrected chi connectivity index (χ2v) is 9.10. The molecule has 210 valence electrons. The number of benzene rings is 2. The number of carbonyl (C=O) groups excluding carboxylic acids is 1. The van der Waals surface area contributed by atoms with Gasteiger partial charge in [0.1, 0.15) is 17.7 Å². The molecule has 40 heavy (non-hydrogen) atoms. The van der Waals surface area contributed by atoms with Gasteiger partial charge in [0.25, 0.3) is 0 Å². The first-order chi connectivity index (χ1) is 19.2. The normalized spacial score (nSPS) is 14.4. The zero-order valence-electron chi connectivity index (χ0n) is 21.0. The number of aliphatic hydroxyl groups is 1. The van der Waals surface area contributed by atoms with Crippen LogP contribution in [0.2, 0.25) is 0 Å². The predicted molar refractivity (Wildman–Crippen MR) is 139 cm³/mol. The van der Waals surface area contributed by atoms with Crippen LogP contribution in [0.25, 0.3) is 16.6 Å². The Labute approximate surface area is 225 Å². The first kappa shape index (κ1) is 27.3. The van der Waals surface area contributed by atoms with Crippen LogP contribution in [-0.2, 0) is 24.1 Å². The van der Waals surface area contributed by atoms with Crippen molar-refractivity contribution in [2.24, 2.45) is 0 Å². The van der Waals surface area contributed by atoms with Crippen LogP contribution in [0.3, 0.4) is 0 Å². The van der Waals surface area contributed by atoms with E-state index in [1.54, 1.807) is 28.8 Å². The number of alkyl halides is 3. The topological polar surface area (TPSA) is 130 Å². The third-order valence-electron chi connectivity index (χ3n) is 6.57. The molecule has 1 fully saturated rings. The molecule has 1 saturated heterocycles. The summed E-state index contributed by atoms with van der Waals surface area (Å²) in [4.78, 5) is 18.7. The Morgan fingerprint density at radius 1 is 1.10 bits per heavy atom. The van der Waals surface area contributed by atoms with Gasteiger partial charge in [-0.1, -0.05) is 12.1 Å². The summed E-state index contributed by atoms with van der Waals surface area (Å²) < 4.78 is 60.0. The highest BCUT2D eigenvalue weighted by Gasteiger charge is 2.31. The summed E-state index contributed by atoms with van der Waals surface area (Å²) in [6.45, 7) is 2.86. The van der Waals surface area contributed by atoms with E-state index in [2.05, 4.69) is 25.6 Å². The number of hydrogen-bond acceptors (Lipinski definition) is 7. The summed E-state index contributed by atoms with van der Waals surface area (Å²) in [6.07, 6.45) is -3.35. The van der Waals surface area contributed by atoms with E-state index in [9.17, 15) is 27.5 Å². The van der Waals surface area contributed by atoms with Crippen molar-refractivity contribution in [2.45, 2.75) is 19.3 Å². The second-order valence-electron chi connectivity index (χ2n) is 9.10. The van der Waals surface area contributed by atoms with E-state index in [4.69, 9.17) is 10.5 Å². The number of morpholine rings is 1. The van der Waals surface area contributed by atoms with Gasteiger partial charge in [-0.05, 0) is 35.9 Å². The molecule has 2 aromatic heterocycles. The van der Waals surface area contributed by atoms with Crippen LogP contribution in [0.5, 0.6) is 0 Å². The first-order valence-electron chi connectivity index (χ1n) is 12.2. The number of aromatic nitrogens is 3. The summed E-state index contributed by atoms with van der Waals surface area (Å²) in [5, 5.41) is 19.3. The van der Waals surface area contributed by atoms with E-state index >= 15 is 0 Å². The quantitative estimate of drug-likeness (QED) is 0.262. The Balaban J connectivity index is 1.41. The molecule has 5 rings (SSSR count). The lowest BCUT2D eigenvalue weighted by atomic mass is 10.0. The van der Waals surface area contributed by atoms with Gasteiger partial charge >= 0.3 is 12.2 Å². The number of halogens is 4. The molecule has 4 aromatic rings. The smallest absolute Gasteiger partial charge is 0.392 e. The number of urea groups is 1. The van der Waals surface area contributed by atoms with E-state index in [0.29, 0.717) is 65.9 Å². The van der Waals surface area contributed by atoms with E-state index in [0.717, 1.165) is 18.8 Å². The Kier molecular flexibility index (Phi) is 7.56. The minimum Gasteiger partial charge on any atom is -0.392 e. The monoisotopic (exact) mass is 559 g/mol. The molecule has 0 saturated carbocycles. The number of rotatable bonds is 6. The van der Waals surface area contributed by atoms with Crippen molar-refractivity contribution in [1.82, 2.24) is 19.5 Å². The summed E-state index contributed by atoms with van der Waals surface area (Å²) in [6, 6.07) is 7.30. The number of ether oxygens (including phenoxy) is 1. The van der Waals surface area contributed by atoms with Crippen molar-refractivity contribution in [3.05, 3.63) is 71.4 Å². The molecule has 2 amide bonds. The number of aliphatic hydroxyl groups excluding tert-OH is 1. The highest BCUT2D eigenvalue weighted by Crippen LogP contribution is 2.36. The Bertz CT molecular complexity index is 1530. The summed E-state index contributed by atoms with van der Waals surface area (Å²) >= 11 is 0. The van der Waals surface area contributed by atoms with Crippen molar-refractivity contribution in [3.63, 3.8) is 0 Å². The van der Waals surface area contributed by atoms with Gasteiger partial charge in [0.2, 0.25) is 0 Å². The Morgan fingerprint density at radius 3 is 2.50 bits per heavy atom. The van der Waals surface area contributed by atoms with E-state index in [-0.39, 0.29) is 12.4 Å². The number of anilines is 3. The summed E-state index contributed by atoms with van der Waals surface area (Å²) in [5.74, 6) is -0.791. The SMILES string of the molecule is Nc1ncnn2c(CN3CCOCC3)c(CO)c(-c3ccc(NC(=O)Nc4cc(C(F)(F)F)ccc4F)cc3)c12. The van der Waals surface area contributed by atoms with Crippen LogP contribution in [0.1, 0.15) is 16.8 Å². The predicted octanol–water partition coefficient (Wildman–Crippen LogP) is 4.10. The van der Waals surface area contributed by atoms with Gasteiger partial charge in [-0.3, -0.25) is 4.90 Å². The molecule has 1 aliphatic rings. The largest absolute Gasteiger partial charge is 0.416 e.